The molecular weight excluding hydrogens is 199 g/mol. The predicted molar refractivity (Wildman–Crippen MR) is 53.8 cm³/mol. The molecule has 3 nitrogen and oxygen atoms in total. The lowest BCUT2D eigenvalue weighted by Gasteiger charge is -2.08. The molecule has 0 aliphatic heterocycles. The number of alkyl halides is 1. The molecule has 15 heavy (non-hydrogen) atoms. The van der Waals surface area contributed by atoms with Crippen LogP contribution in [-0.4, -0.2) is 23.9 Å². The van der Waals surface area contributed by atoms with Gasteiger partial charge in [-0.2, -0.15) is 0 Å². The van der Waals surface area contributed by atoms with Gasteiger partial charge < -0.3 is 9.84 Å². The van der Waals surface area contributed by atoms with Gasteiger partial charge in [-0.1, -0.05) is 12.1 Å². The molecule has 0 aliphatic rings. The number of halogens is 1. The smallest absolute Gasteiger partial charge is 0.306 e. The Hall–Kier alpha value is -1.58. The molecule has 0 radical (unpaired) electrons. The van der Waals surface area contributed by atoms with E-state index < -0.39 is 18.6 Å². The maximum Gasteiger partial charge on any atom is 0.306 e. The van der Waals surface area contributed by atoms with Gasteiger partial charge in [0.25, 0.3) is 0 Å². The summed E-state index contributed by atoms with van der Waals surface area (Å²) in [4.78, 5) is 10.2. The van der Waals surface area contributed by atoms with Crippen LogP contribution >= 0.6 is 0 Å². The van der Waals surface area contributed by atoms with Crippen LogP contribution in [0.25, 0.3) is 0 Å². The van der Waals surface area contributed by atoms with Gasteiger partial charge in [-0.15, -0.1) is 0 Å². The van der Waals surface area contributed by atoms with Crippen molar-refractivity contribution in [3.8, 4) is 5.75 Å². The summed E-state index contributed by atoms with van der Waals surface area (Å²) in [6, 6.07) is 7.18. The lowest BCUT2D eigenvalue weighted by Crippen LogP contribution is -2.16. The highest BCUT2D eigenvalue weighted by Gasteiger charge is 2.12. The highest BCUT2D eigenvalue weighted by molar-refractivity contribution is 5.67. The van der Waals surface area contributed by atoms with Gasteiger partial charge in [0.2, 0.25) is 0 Å². The van der Waals surface area contributed by atoms with E-state index >= 15 is 0 Å². The Bertz CT molecular complexity index is 338. The molecule has 1 unspecified atom stereocenters. The second kappa shape index (κ2) is 5.34. The van der Waals surface area contributed by atoms with Gasteiger partial charge in [0.15, 0.2) is 0 Å². The number of hydrogen-bond donors (Lipinski definition) is 1. The number of rotatable bonds is 5. The van der Waals surface area contributed by atoms with Crippen LogP contribution in [0.15, 0.2) is 24.3 Å². The molecule has 0 spiro atoms. The average Bonchev–Trinajstić information content (AvgIpc) is 2.14. The van der Waals surface area contributed by atoms with Crippen molar-refractivity contribution in [1.82, 2.24) is 0 Å². The van der Waals surface area contributed by atoms with Crippen LogP contribution in [0.2, 0.25) is 0 Å². The summed E-state index contributed by atoms with van der Waals surface area (Å²) in [6.45, 7) is 1.67. The van der Waals surface area contributed by atoms with Gasteiger partial charge >= 0.3 is 5.97 Å². The van der Waals surface area contributed by atoms with E-state index in [1.54, 1.807) is 18.2 Å². The number of aryl methyl sites for hydroxylation is 1. The van der Waals surface area contributed by atoms with Gasteiger partial charge in [0.1, 0.15) is 18.5 Å². The molecule has 0 aliphatic carbocycles. The van der Waals surface area contributed by atoms with Crippen molar-refractivity contribution in [2.45, 2.75) is 19.5 Å². The van der Waals surface area contributed by atoms with E-state index in [0.717, 1.165) is 5.56 Å². The number of carbonyl (C=O) groups is 1. The first-order valence-corrected chi connectivity index (χ1v) is 4.63. The maximum atomic E-state index is 12.9. The molecule has 0 saturated carbocycles. The molecule has 1 N–H and O–H groups in total. The van der Waals surface area contributed by atoms with E-state index in [1.807, 2.05) is 13.0 Å². The lowest BCUT2D eigenvalue weighted by molar-refractivity contribution is -0.138. The summed E-state index contributed by atoms with van der Waals surface area (Å²) in [5.74, 6) is -0.599. The normalized spacial score (nSPS) is 12.1. The fourth-order valence-electron chi connectivity index (χ4n) is 1.14. The van der Waals surface area contributed by atoms with Crippen LogP contribution in [0, 0.1) is 6.92 Å². The fourth-order valence-corrected chi connectivity index (χ4v) is 1.14. The number of benzene rings is 1. The van der Waals surface area contributed by atoms with Gasteiger partial charge in [0.05, 0.1) is 6.42 Å². The van der Waals surface area contributed by atoms with E-state index in [0.29, 0.717) is 5.75 Å². The molecule has 0 amide bonds. The zero-order chi connectivity index (χ0) is 11.3. The molecule has 1 aromatic carbocycles. The standard InChI is InChI=1S/C11H13FO3/c1-8-3-2-4-10(5-8)15-7-9(12)6-11(13)14/h2-5,9H,6-7H2,1H3,(H,13,14). The summed E-state index contributed by atoms with van der Waals surface area (Å²) >= 11 is 0. The first-order valence-electron chi connectivity index (χ1n) is 4.63. The largest absolute Gasteiger partial charge is 0.491 e. The Balaban J connectivity index is 2.40. The average molecular weight is 212 g/mol. The quantitative estimate of drug-likeness (QED) is 0.813. The first kappa shape index (κ1) is 11.5. The van der Waals surface area contributed by atoms with Gasteiger partial charge in [-0.3, -0.25) is 4.79 Å². The number of hydrogen-bond acceptors (Lipinski definition) is 2. The molecular formula is C11H13FO3. The summed E-state index contributed by atoms with van der Waals surface area (Å²) in [6.07, 6.45) is -1.99. The van der Waals surface area contributed by atoms with Crippen molar-refractivity contribution in [3.05, 3.63) is 29.8 Å². The predicted octanol–water partition coefficient (Wildman–Crippen LogP) is 2.19. The minimum atomic E-state index is -1.47. The summed E-state index contributed by atoms with van der Waals surface area (Å²) in [7, 11) is 0. The van der Waals surface area contributed by atoms with Gasteiger partial charge in [-0.25, -0.2) is 4.39 Å². The summed E-state index contributed by atoms with van der Waals surface area (Å²) < 4.78 is 18.0. The Kier molecular flexibility index (Phi) is 4.09. The number of carboxylic acid groups (broad SMARTS) is 1. The zero-order valence-electron chi connectivity index (χ0n) is 8.44. The maximum absolute atomic E-state index is 12.9. The summed E-state index contributed by atoms with van der Waals surface area (Å²) in [5, 5.41) is 8.33. The van der Waals surface area contributed by atoms with Crippen LogP contribution in [-0.2, 0) is 4.79 Å². The second-order valence-corrected chi connectivity index (χ2v) is 3.32. The van der Waals surface area contributed by atoms with Crippen molar-refractivity contribution in [2.24, 2.45) is 0 Å². The topological polar surface area (TPSA) is 46.5 Å². The Labute approximate surface area is 87.5 Å². The molecule has 4 heteroatoms. The number of ether oxygens (including phenoxy) is 1. The molecule has 1 atom stereocenters. The molecule has 0 heterocycles. The van der Waals surface area contributed by atoms with E-state index in [2.05, 4.69) is 0 Å². The van der Waals surface area contributed by atoms with Crippen LogP contribution in [0.3, 0.4) is 0 Å². The van der Waals surface area contributed by atoms with E-state index in [-0.39, 0.29) is 6.61 Å². The molecule has 0 fully saturated rings. The lowest BCUT2D eigenvalue weighted by atomic mass is 10.2. The summed E-state index contributed by atoms with van der Waals surface area (Å²) in [5.41, 5.74) is 1.01. The molecule has 0 saturated heterocycles. The van der Waals surface area contributed by atoms with Gasteiger partial charge in [0, 0.05) is 0 Å². The van der Waals surface area contributed by atoms with Crippen molar-refractivity contribution < 1.29 is 19.0 Å². The SMILES string of the molecule is Cc1cccc(OCC(F)CC(=O)O)c1. The third-order valence-electron chi connectivity index (χ3n) is 1.82. The van der Waals surface area contributed by atoms with Crippen molar-refractivity contribution >= 4 is 5.97 Å². The van der Waals surface area contributed by atoms with E-state index in [4.69, 9.17) is 9.84 Å². The molecule has 0 bridgehead atoms. The van der Waals surface area contributed by atoms with Crippen LogP contribution < -0.4 is 4.74 Å². The molecule has 1 rings (SSSR count). The number of carboxylic acids is 1. The minimum absolute atomic E-state index is 0.226. The molecule has 0 aromatic heterocycles. The van der Waals surface area contributed by atoms with Crippen molar-refractivity contribution in [2.75, 3.05) is 6.61 Å². The Morgan fingerprint density at radius 2 is 2.33 bits per heavy atom. The van der Waals surface area contributed by atoms with Gasteiger partial charge in [-0.05, 0) is 24.6 Å². The van der Waals surface area contributed by atoms with Crippen LogP contribution in [0.5, 0.6) is 5.75 Å². The van der Waals surface area contributed by atoms with Crippen molar-refractivity contribution in [1.29, 1.82) is 0 Å². The highest BCUT2D eigenvalue weighted by Crippen LogP contribution is 2.13. The zero-order valence-corrected chi connectivity index (χ0v) is 8.44. The van der Waals surface area contributed by atoms with E-state index in [9.17, 15) is 9.18 Å². The first-order chi connectivity index (χ1) is 7.08. The third kappa shape index (κ3) is 4.44. The minimum Gasteiger partial charge on any atom is -0.491 e. The van der Waals surface area contributed by atoms with Crippen LogP contribution in [0.4, 0.5) is 4.39 Å². The number of aliphatic carboxylic acids is 1. The molecule has 82 valence electrons. The Morgan fingerprint density at radius 3 is 2.93 bits per heavy atom. The monoisotopic (exact) mass is 212 g/mol. The second-order valence-electron chi connectivity index (χ2n) is 3.32. The highest BCUT2D eigenvalue weighted by atomic mass is 19.1. The third-order valence-corrected chi connectivity index (χ3v) is 1.82. The molecule has 1 aromatic rings. The van der Waals surface area contributed by atoms with Crippen molar-refractivity contribution in [3.63, 3.8) is 0 Å². The fraction of sp³-hybridized carbons (Fsp3) is 0.364. The Morgan fingerprint density at radius 1 is 1.60 bits per heavy atom. The van der Waals surface area contributed by atoms with E-state index in [1.165, 1.54) is 0 Å². The van der Waals surface area contributed by atoms with Crippen LogP contribution in [0.1, 0.15) is 12.0 Å².